The summed E-state index contributed by atoms with van der Waals surface area (Å²) in [6, 6.07) is 5.95. The SMILES string of the molecule is CN1CCC(C(=O)N2CCCC2)(c2ccccn2)CC1. The smallest absolute Gasteiger partial charge is 0.234 e. The van der Waals surface area contributed by atoms with Gasteiger partial charge in [0.15, 0.2) is 0 Å². The Balaban J connectivity index is 1.93. The Bertz CT molecular complexity index is 460. The Labute approximate surface area is 120 Å². The number of amides is 1. The Morgan fingerprint density at radius 3 is 2.45 bits per heavy atom. The van der Waals surface area contributed by atoms with E-state index < -0.39 is 5.41 Å². The lowest BCUT2D eigenvalue weighted by molar-refractivity contribution is -0.138. The maximum atomic E-state index is 13.1. The van der Waals surface area contributed by atoms with Crippen molar-refractivity contribution in [3.8, 4) is 0 Å². The van der Waals surface area contributed by atoms with Crippen molar-refractivity contribution in [3.05, 3.63) is 30.1 Å². The zero-order valence-corrected chi connectivity index (χ0v) is 12.2. The molecule has 1 aromatic rings. The second-order valence-corrected chi connectivity index (χ2v) is 6.10. The maximum absolute atomic E-state index is 13.1. The highest BCUT2D eigenvalue weighted by molar-refractivity contribution is 5.88. The number of carbonyl (C=O) groups excluding carboxylic acids is 1. The summed E-state index contributed by atoms with van der Waals surface area (Å²) in [5, 5.41) is 0. The van der Waals surface area contributed by atoms with E-state index >= 15 is 0 Å². The van der Waals surface area contributed by atoms with Crippen LogP contribution in [0.3, 0.4) is 0 Å². The Kier molecular flexibility index (Phi) is 3.74. The Morgan fingerprint density at radius 2 is 1.85 bits per heavy atom. The van der Waals surface area contributed by atoms with Crippen LogP contribution in [0.15, 0.2) is 24.4 Å². The minimum atomic E-state index is -0.391. The molecule has 2 aliphatic heterocycles. The van der Waals surface area contributed by atoms with Crippen LogP contribution in [0.25, 0.3) is 0 Å². The number of pyridine rings is 1. The average molecular weight is 273 g/mol. The summed E-state index contributed by atoms with van der Waals surface area (Å²) in [6.07, 6.45) is 5.87. The lowest BCUT2D eigenvalue weighted by atomic mass is 9.74. The molecule has 1 aromatic heterocycles. The number of rotatable bonds is 2. The third-order valence-electron chi connectivity index (χ3n) is 4.80. The van der Waals surface area contributed by atoms with Crippen molar-refractivity contribution in [2.75, 3.05) is 33.2 Å². The summed E-state index contributed by atoms with van der Waals surface area (Å²) in [7, 11) is 2.13. The summed E-state index contributed by atoms with van der Waals surface area (Å²) < 4.78 is 0. The lowest BCUT2D eigenvalue weighted by Crippen LogP contribution is -2.52. The highest BCUT2D eigenvalue weighted by atomic mass is 16.2. The third-order valence-corrected chi connectivity index (χ3v) is 4.80. The Morgan fingerprint density at radius 1 is 1.15 bits per heavy atom. The van der Waals surface area contributed by atoms with Crippen molar-refractivity contribution in [1.29, 1.82) is 0 Å². The van der Waals surface area contributed by atoms with Crippen molar-refractivity contribution in [3.63, 3.8) is 0 Å². The van der Waals surface area contributed by atoms with Crippen LogP contribution in [-0.2, 0) is 10.2 Å². The van der Waals surface area contributed by atoms with Crippen LogP contribution in [0, 0.1) is 0 Å². The molecule has 0 atom stereocenters. The van der Waals surface area contributed by atoms with Crippen LogP contribution in [0.2, 0.25) is 0 Å². The number of hydrogen-bond donors (Lipinski definition) is 0. The van der Waals surface area contributed by atoms with Gasteiger partial charge < -0.3 is 9.80 Å². The number of nitrogens with zero attached hydrogens (tertiary/aromatic N) is 3. The van der Waals surface area contributed by atoms with Gasteiger partial charge in [0.1, 0.15) is 0 Å². The molecule has 3 heterocycles. The van der Waals surface area contributed by atoms with Crippen LogP contribution < -0.4 is 0 Å². The molecule has 2 saturated heterocycles. The zero-order valence-electron chi connectivity index (χ0n) is 12.2. The fourth-order valence-electron chi connectivity index (χ4n) is 3.45. The van der Waals surface area contributed by atoms with E-state index in [2.05, 4.69) is 21.8 Å². The molecule has 0 spiro atoms. The molecule has 4 nitrogen and oxygen atoms in total. The normalized spacial score (nSPS) is 22.9. The second kappa shape index (κ2) is 5.52. The van der Waals surface area contributed by atoms with Gasteiger partial charge in [0.2, 0.25) is 5.91 Å². The number of carbonyl (C=O) groups is 1. The minimum absolute atomic E-state index is 0.307. The molecule has 0 saturated carbocycles. The van der Waals surface area contributed by atoms with Gasteiger partial charge in [0.25, 0.3) is 0 Å². The van der Waals surface area contributed by atoms with Crippen molar-refractivity contribution in [1.82, 2.24) is 14.8 Å². The molecule has 1 amide bonds. The lowest BCUT2D eigenvalue weighted by Gasteiger charge is -2.41. The third kappa shape index (κ3) is 2.33. The molecule has 0 N–H and O–H groups in total. The topological polar surface area (TPSA) is 36.4 Å². The van der Waals surface area contributed by atoms with E-state index in [-0.39, 0.29) is 0 Å². The number of likely N-dealkylation sites (tertiary alicyclic amines) is 2. The number of hydrogen-bond acceptors (Lipinski definition) is 3. The van der Waals surface area contributed by atoms with E-state index in [1.54, 1.807) is 0 Å². The molecule has 0 radical (unpaired) electrons. The van der Waals surface area contributed by atoms with E-state index in [0.717, 1.165) is 57.6 Å². The van der Waals surface area contributed by atoms with Gasteiger partial charge in [-0.15, -0.1) is 0 Å². The average Bonchev–Trinajstić information content (AvgIpc) is 3.03. The molecule has 4 heteroatoms. The summed E-state index contributed by atoms with van der Waals surface area (Å²) >= 11 is 0. The van der Waals surface area contributed by atoms with E-state index in [9.17, 15) is 4.79 Å². The first-order chi connectivity index (χ1) is 9.72. The van der Waals surface area contributed by atoms with Gasteiger partial charge >= 0.3 is 0 Å². The Hall–Kier alpha value is -1.42. The van der Waals surface area contributed by atoms with E-state index in [4.69, 9.17) is 0 Å². The van der Waals surface area contributed by atoms with Gasteiger partial charge in [0, 0.05) is 19.3 Å². The highest BCUT2D eigenvalue weighted by Gasteiger charge is 2.45. The monoisotopic (exact) mass is 273 g/mol. The van der Waals surface area contributed by atoms with E-state index in [1.807, 2.05) is 24.4 Å². The largest absolute Gasteiger partial charge is 0.342 e. The van der Waals surface area contributed by atoms with Crippen LogP contribution in [0.1, 0.15) is 31.4 Å². The fraction of sp³-hybridized carbons (Fsp3) is 0.625. The molecule has 3 rings (SSSR count). The van der Waals surface area contributed by atoms with Crippen LogP contribution in [-0.4, -0.2) is 53.9 Å². The van der Waals surface area contributed by atoms with Gasteiger partial charge in [-0.2, -0.15) is 0 Å². The van der Waals surface area contributed by atoms with Gasteiger partial charge in [-0.05, 0) is 58.0 Å². The van der Waals surface area contributed by atoms with Crippen LogP contribution >= 0.6 is 0 Å². The van der Waals surface area contributed by atoms with Crippen LogP contribution in [0.4, 0.5) is 0 Å². The molecule has 0 aliphatic carbocycles. The predicted molar refractivity (Wildman–Crippen MR) is 78.5 cm³/mol. The van der Waals surface area contributed by atoms with E-state index in [0.29, 0.717) is 5.91 Å². The van der Waals surface area contributed by atoms with Crippen LogP contribution in [0.5, 0.6) is 0 Å². The summed E-state index contributed by atoms with van der Waals surface area (Å²) in [5.41, 5.74) is 0.572. The van der Waals surface area contributed by atoms with Crippen molar-refractivity contribution in [2.45, 2.75) is 31.1 Å². The molecule has 2 fully saturated rings. The predicted octanol–water partition coefficient (Wildman–Crippen LogP) is 1.67. The first kappa shape index (κ1) is 13.6. The minimum Gasteiger partial charge on any atom is -0.342 e. The van der Waals surface area contributed by atoms with Crippen molar-refractivity contribution < 1.29 is 4.79 Å². The quantitative estimate of drug-likeness (QED) is 0.822. The number of piperidine rings is 1. The van der Waals surface area contributed by atoms with Crippen molar-refractivity contribution in [2.24, 2.45) is 0 Å². The van der Waals surface area contributed by atoms with Gasteiger partial charge in [-0.25, -0.2) is 0 Å². The number of aromatic nitrogens is 1. The summed E-state index contributed by atoms with van der Waals surface area (Å²) in [5.74, 6) is 0.307. The summed E-state index contributed by atoms with van der Waals surface area (Å²) in [6.45, 7) is 3.78. The summed E-state index contributed by atoms with van der Waals surface area (Å²) in [4.78, 5) is 22.0. The van der Waals surface area contributed by atoms with E-state index in [1.165, 1.54) is 0 Å². The molecule has 20 heavy (non-hydrogen) atoms. The molecule has 108 valence electrons. The molecule has 2 aliphatic rings. The van der Waals surface area contributed by atoms with Crippen molar-refractivity contribution >= 4 is 5.91 Å². The standard InChI is InChI=1S/C16H23N3O/c1-18-12-7-16(8-13-18,14-6-2-3-9-17-14)15(20)19-10-4-5-11-19/h2-3,6,9H,4-5,7-8,10-13H2,1H3. The first-order valence-electron chi connectivity index (χ1n) is 7.62. The fourth-order valence-corrected chi connectivity index (χ4v) is 3.45. The van der Waals surface area contributed by atoms with Gasteiger partial charge in [0.05, 0.1) is 11.1 Å². The zero-order chi connectivity index (χ0) is 14.0. The molecule has 0 aromatic carbocycles. The molecule has 0 unspecified atom stereocenters. The second-order valence-electron chi connectivity index (χ2n) is 6.10. The molecular weight excluding hydrogens is 250 g/mol. The maximum Gasteiger partial charge on any atom is 0.234 e. The highest BCUT2D eigenvalue weighted by Crippen LogP contribution is 2.36. The molecule has 0 bridgehead atoms. The van der Waals surface area contributed by atoms with Gasteiger partial charge in [-0.1, -0.05) is 6.07 Å². The molecular formula is C16H23N3O. The van der Waals surface area contributed by atoms with Gasteiger partial charge in [-0.3, -0.25) is 9.78 Å². The first-order valence-corrected chi connectivity index (χ1v) is 7.62.